The van der Waals surface area contributed by atoms with Gasteiger partial charge in [-0.1, -0.05) is 0 Å². The minimum Gasteiger partial charge on any atom is -0.495 e. The van der Waals surface area contributed by atoms with Gasteiger partial charge in [-0.15, -0.1) is 11.3 Å². The standard InChI is InChI=1S/C31H37F3N6O2S/c1-18-17-43-28-26(18)27(35-22-14-19(30(2,3)41)13-20(15-22)31(32,33)34)37-29(38-28)36-21-7-8-24(25(16-21)42-6)40-11-9-23(10-12-40)39(4)5/h7-8,13-17,23,41H,9-12H2,1-6H3,(H2,35,36,37,38). The quantitative estimate of drug-likeness (QED) is 0.191. The molecule has 1 aliphatic heterocycles. The Morgan fingerprint density at radius 2 is 1.70 bits per heavy atom. The highest BCUT2D eigenvalue weighted by atomic mass is 32.1. The van der Waals surface area contributed by atoms with Gasteiger partial charge in [-0.2, -0.15) is 18.2 Å². The summed E-state index contributed by atoms with van der Waals surface area (Å²) in [6, 6.07) is 9.91. The molecule has 0 spiro atoms. The number of thiophene rings is 1. The number of benzene rings is 2. The SMILES string of the molecule is COc1cc(Nc2nc(Nc3cc(C(C)(C)O)cc(C(F)(F)F)c3)c3c(C)csc3n2)ccc1N1CCC(N(C)C)CC1. The van der Waals surface area contributed by atoms with Gasteiger partial charge in [-0.05, 0) is 94.5 Å². The first-order valence-corrected chi connectivity index (χ1v) is 15.0. The highest BCUT2D eigenvalue weighted by Crippen LogP contribution is 2.39. The summed E-state index contributed by atoms with van der Waals surface area (Å²) in [6.07, 6.45) is -2.44. The summed E-state index contributed by atoms with van der Waals surface area (Å²) in [6.45, 7) is 6.67. The topological polar surface area (TPSA) is 85.8 Å². The highest BCUT2D eigenvalue weighted by Gasteiger charge is 2.33. The van der Waals surface area contributed by atoms with Crippen molar-refractivity contribution >= 4 is 50.4 Å². The minimum absolute atomic E-state index is 0.133. The fraction of sp³-hybridized carbons (Fsp3) is 0.419. The second-order valence-electron chi connectivity index (χ2n) is 11.7. The van der Waals surface area contributed by atoms with Crippen molar-refractivity contribution in [2.24, 2.45) is 0 Å². The monoisotopic (exact) mass is 614 g/mol. The van der Waals surface area contributed by atoms with E-state index < -0.39 is 17.3 Å². The molecule has 5 rings (SSSR count). The summed E-state index contributed by atoms with van der Waals surface area (Å²) in [5.74, 6) is 1.37. The van der Waals surface area contributed by atoms with Crippen molar-refractivity contribution in [3.63, 3.8) is 0 Å². The van der Waals surface area contributed by atoms with Crippen LogP contribution in [0, 0.1) is 6.92 Å². The molecule has 1 aliphatic rings. The van der Waals surface area contributed by atoms with Crippen LogP contribution in [-0.4, -0.2) is 60.3 Å². The maximum Gasteiger partial charge on any atom is 0.416 e. The second-order valence-corrected chi connectivity index (χ2v) is 12.5. The van der Waals surface area contributed by atoms with Gasteiger partial charge in [0.05, 0.1) is 29.3 Å². The number of aromatic nitrogens is 2. The third kappa shape index (κ3) is 6.81. The Kier molecular flexibility index (Phi) is 8.47. The zero-order valence-electron chi connectivity index (χ0n) is 25.1. The minimum atomic E-state index is -4.59. The zero-order valence-corrected chi connectivity index (χ0v) is 26.0. The molecule has 12 heteroatoms. The molecule has 0 radical (unpaired) electrons. The maximum atomic E-state index is 13.7. The van der Waals surface area contributed by atoms with Gasteiger partial charge in [-0.25, -0.2) is 4.98 Å². The molecule has 0 amide bonds. The van der Waals surface area contributed by atoms with Crippen molar-refractivity contribution in [1.82, 2.24) is 14.9 Å². The molecular weight excluding hydrogens is 577 g/mol. The van der Waals surface area contributed by atoms with Gasteiger partial charge < -0.3 is 30.3 Å². The molecule has 8 nitrogen and oxygen atoms in total. The van der Waals surface area contributed by atoms with Crippen LogP contribution in [0.5, 0.6) is 5.75 Å². The Bertz CT molecular complexity index is 1580. The lowest BCUT2D eigenvalue weighted by Gasteiger charge is -2.37. The van der Waals surface area contributed by atoms with E-state index in [9.17, 15) is 18.3 Å². The Balaban J connectivity index is 1.46. The lowest BCUT2D eigenvalue weighted by molar-refractivity contribution is -0.137. The molecule has 0 saturated carbocycles. The van der Waals surface area contributed by atoms with Crippen LogP contribution in [-0.2, 0) is 11.8 Å². The fourth-order valence-electron chi connectivity index (χ4n) is 5.35. The molecule has 0 aliphatic carbocycles. The molecule has 1 fully saturated rings. The van der Waals surface area contributed by atoms with Gasteiger partial charge in [0, 0.05) is 36.6 Å². The molecule has 3 heterocycles. The molecule has 2 aromatic heterocycles. The summed E-state index contributed by atoms with van der Waals surface area (Å²) < 4.78 is 47.0. The van der Waals surface area contributed by atoms with Crippen LogP contribution in [0.2, 0.25) is 0 Å². The molecule has 0 bridgehead atoms. The van der Waals surface area contributed by atoms with Gasteiger partial charge >= 0.3 is 6.18 Å². The van der Waals surface area contributed by atoms with Gasteiger partial charge in [0.1, 0.15) is 16.4 Å². The predicted octanol–water partition coefficient (Wildman–Crippen LogP) is 7.27. The number of anilines is 5. The van der Waals surface area contributed by atoms with Crippen molar-refractivity contribution in [3.8, 4) is 5.75 Å². The summed E-state index contributed by atoms with van der Waals surface area (Å²) in [7, 11) is 5.88. The number of nitrogens with one attached hydrogen (secondary N) is 2. The van der Waals surface area contributed by atoms with E-state index in [1.165, 1.54) is 31.3 Å². The zero-order chi connectivity index (χ0) is 31.1. The van der Waals surface area contributed by atoms with E-state index in [0.29, 0.717) is 27.8 Å². The van der Waals surface area contributed by atoms with Crippen LogP contribution < -0.4 is 20.3 Å². The molecule has 1 saturated heterocycles. The Hall–Kier alpha value is -3.61. The number of halogens is 3. The predicted molar refractivity (Wildman–Crippen MR) is 167 cm³/mol. The molecule has 43 heavy (non-hydrogen) atoms. The number of nitrogens with zero attached hydrogens (tertiary/aromatic N) is 4. The number of alkyl halides is 3. The van der Waals surface area contributed by atoms with Gasteiger partial charge in [0.25, 0.3) is 0 Å². The number of fused-ring (bicyclic) bond motifs is 1. The molecule has 230 valence electrons. The van der Waals surface area contributed by atoms with Crippen LogP contribution in [0.1, 0.15) is 43.4 Å². The number of ether oxygens (including phenoxy) is 1. The van der Waals surface area contributed by atoms with E-state index in [1.54, 1.807) is 7.11 Å². The molecule has 0 unspecified atom stereocenters. The molecule has 4 aromatic rings. The number of aliphatic hydroxyl groups is 1. The van der Waals surface area contributed by atoms with Crippen molar-refractivity contribution in [3.05, 3.63) is 58.5 Å². The normalized spacial score (nSPS) is 14.9. The number of methoxy groups -OCH3 is 1. The van der Waals surface area contributed by atoms with Crippen molar-refractivity contribution in [2.75, 3.05) is 49.8 Å². The van der Waals surface area contributed by atoms with Crippen LogP contribution in [0.15, 0.2) is 41.8 Å². The number of rotatable bonds is 8. The molecule has 2 aromatic carbocycles. The van der Waals surface area contributed by atoms with Crippen molar-refractivity contribution in [2.45, 2.75) is 51.4 Å². The Labute approximate surface area is 253 Å². The lowest BCUT2D eigenvalue weighted by atomic mass is 9.95. The number of piperidine rings is 1. The van der Waals surface area contributed by atoms with E-state index in [0.717, 1.165) is 55.1 Å². The van der Waals surface area contributed by atoms with E-state index in [2.05, 4.69) is 44.5 Å². The third-order valence-electron chi connectivity index (χ3n) is 7.82. The smallest absolute Gasteiger partial charge is 0.416 e. The first kappa shape index (κ1) is 30.8. The molecule has 0 atom stereocenters. The van der Waals surface area contributed by atoms with Crippen LogP contribution in [0.3, 0.4) is 0 Å². The summed E-state index contributed by atoms with van der Waals surface area (Å²) in [5, 5.41) is 19.5. The summed E-state index contributed by atoms with van der Waals surface area (Å²) in [4.78, 5) is 14.6. The number of aryl methyl sites for hydroxylation is 1. The van der Waals surface area contributed by atoms with E-state index in [4.69, 9.17) is 4.74 Å². The summed E-state index contributed by atoms with van der Waals surface area (Å²) in [5.41, 5.74) is 0.583. The van der Waals surface area contributed by atoms with Crippen LogP contribution >= 0.6 is 11.3 Å². The van der Waals surface area contributed by atoms with Crippen molar-refractivity contribution < 1.29 is 23.0 Å². The van der Waals surface area contributed by atoms with Crippen LogP contribution in [0.25, 0.3) is 10.2 Å². The molecule has 3 N–H and O–H groups in total. The average molecular weight is 615 g/mol. The third-order valence-corrected chi connectivity index (χ3v) is 8.81. The van der Waals surface area contributed by atoms with Crippen LogP contribution in [0.4, 0.5) is 42.0 Å². The molecular formula is C31H37F3N6O2S. The summed E-state index contributed by atoms with van der Waals surface area (Å²) >= 11 is 1.42. The van der Waals surface area contributed by atoms with Gasteiger partial charge in [-0.3, -0.25) is 0 Å². The van der Waals surface area contributed by atoms with Crippen molar-refractivity contribution in [1.29, 1.82) is 0 Å². The van der Waals surface area contributed by atoms with E-state index in [-0.39, 0.29) is 17.2 Å². The Morgan fingerprint density at radius 3 is 2.33 bits per heavy atom. The van der Waals surface area contributed by atoms with E-state index >= 15 is 0 Å². The van der Waals surface area contributed by atoms with E-state index in [1.807, 2.05) is 30.5 Å². The first-order chi connectivity index (χ1) is 20.2. The first-order valence-electron chi connectivity index (χ1n) is 14.1. The fourth-order valence-corrected chi connectivity index (χ4v) is 6.27. The largest absolute Gasteiger partial charge is 0.495 e. The number of hydrogen-bond donors (Lipinski definition) is 3. The average Bonchev–Trinajstić information content (AvgIpc) is 3.32. The maximum absolute atomic E-state index is 13.7. The van der Waals surface area contributed by atoms with Gasteiger partial charge in [0.15, 0.2) is 0 Å². The second kappa shape index (κ2) is 11.8. The number of hydrogen-bond acceptors (Lipinski definition) is 9. The van der Waals surface area contributed by atoms with Gasteiger partial charge in [0.2, 0.25) is 5.95 Å². The lowest BCUT2D eigenvalue weighted by Crippen LogP contribution is -2.42. The Morgan fingerprint density at radius 1 is 1.00 bits per heavy atom. The highest BCUT2D eigenvalue weighted by molar-refractivity contribution is 7.17.